The van der Waals surface area contributed by atoms with Gasteiger partial charge in [-0.15, -0.1) is 0 Å². The first-order valence-corrected chi connectivity index (χ1v) is 8.20. The number of rotatable bonds is 6. The van der Waals surface area contributed by atoms with Crippen LogP contribution in [0.25, 0.3) is 0 Å². The summed E-state index contributed by atoms with van der Waals surface area (Å²) < 4.78 is 0. The maximum absolute atomic E-state index is 8.92. The quantitative estimate of drug-likeness (QED) is 0.891. The SMILES string of the molecule is N#Cc1ccnc(NCC2CCN(CCc3ccccc3)C2)c1. The summed E-state index contributed by atoms with van der Waals surface area (Å²) in [6.07, 6.45) is 4.02. The third-order valence-electron chi connectivity index (χ3n) is 4.39. The first-order chi connectivity index (χ1) is 11.3. The minimum Gasteiger partial charge on any atom is -0.370 e. The fourth-order valence-electron chi connectivity index (χ4n) is 3.06. The predicted molar refractivity (Wildman–Crippen MR) is 92.1 cm³/mol. The third kappa shape index (κ3) is 4.54. The number of benzene rings is 1. The second-order valence-corrected chi connectivity index (χ2v) is 6.11. The molecule has 1 unspecified atom stereocenters. The fraction of sp³-hybridized carbons (Fsp3) is 0.368. The fourth-order valence-corrected chi connectivity index (χ4v) is 3.06. The van der Waals surface area contributed by atoms with Crippen molar-refractivity contribution in [3.8, 4) is 6.07 Å². The van der Waals surface area contributed by atoms with Crippen LogP contribution in [-0.4, -0.2) is 36.1 Å². The highest BCUT2D eigenvalue weighted by Gasteiger charge is 2.21. The molecule has 3 rings (SSSR count). The van der Waals surface area contributed by atoms with E-state index in [1.165, 1.54) is 18.5 Å². The first-order valence-electron chi connectivity index (χ1n) is 8.20. The molecular formula is C19H22N4. The molecule has 0 aliphatic carbocycles. The van der Waals surface area contributed by atoms with Gasteiger partial charge in [-0.2, -0.15) is 5.26 Å². The van der Waals surface area contributed by atoms with Crippen LogP contribution in [0.4, 0.5) is 5.82 Å². The molecule has 0 saturated carbocycles. The Kier molecular flexibility index (Phi) is 5.23. The van der Waals surface area contributed by atoms with E-state index in [0.717, 1.165) is 31.9 Å². The molecule has 4 heteroatoms. The number of hydrogen-bond donors (Lipinski definition) is 1. The van der Waals surface area contributed by atoms with Crippen LogP contribution >= 0.6 is 0 Å². The van der Waals surface area contributed by atoms with Crippen LogP contribution in [-0.2, 0) is 6.42 Å². The molecule has 0 bridgehead atoms. The number of pyridine rings is 1. The Morgan fingerprint density at radius 3 is 2.96 bits per heavy atom. The Morgan fingerprint density at radius 2 is 2.13 bits per heavy atom. The van der Waals surface area contributed by atoms with Crippen LogP contribution in [0, 0.1) is 17.2 Å². The van der Waals surface area contributed by atoms with Gasteiger partial charge in [0.1, 0.15) is 5.82 Å². The van der Waals surface area contributed by atoms with E-state index < -0.39 is 0 Å². The van der Waals surface area contributed by atoms with Crippen LogP contribution in [0.1, 0.15) is 17.5 Å². The molecule has 1 aromatic heterocycles. The molecule has 1 N–H and O–H groups in total. The Morgan fingerprint density at radius 1 is 1.26 bits per heavy atom. The number of nitriles is 1. The van der Waals surface area contributed by atoms with E-state index in [1.54, 1.807) is 12.3 Å². The molecule has 1 aliphatic heterocycles. The van der Waals surface area contributed by atoms with Gasteiger partial charge < -0.3 is 10.2 Å². The number of hydrogen-bond acceptors (Lipinski definition) is 4. The molecule has 4 nitrogen and oxygen atoms in total. The largest absolute Gasteiger partial charge is 0.370 e. The highest BCUT2D eigenvalue weighted by atomic mass is 15.1. The minimum absolute atomic E-state index is 0.651. The molecule has 1 atom stereocenters. The maximum atomic E-state index is 8.92. The van der Waals surface area contributed by atoms with Crippen LogP contribution in [0.5, 0.6) is 0 Å². The lowest BCUT2D eigenvalue weighted by Crippen LogP contribution is -2.25. The number of aromatic nitrogens is 1. The van der Waals surface area contributed by atoms with E-state index in [9.17, 15) is 0 Å². The highest BCUT2D eigenvalue weighted by Crippen LogP contribution is 2.17. The van der Waals surface area contributed by atoms with Gasteiger partial charge in [-0.05, 0) is 43.0 Å². The molecule has 0 spiro atoms. The topological polar surface area (TPSA) is 52.0 Å². The van der Waals surface area contributed by atoms with Gasteiger partial charge in [-0.1, -0.05) is 30.3 Å². The van der Waals surface area contributed by atoms with Crippen molar-refractivity contribution in [3.05, 3.63) is 59.8 Å². The lowest BCUT2D eigenvalue weighted by molar-refractivity contribution is 0.330. The van der Waals surface area contributed by atoms with Crippen molar-refractivity contribution in [2.75, 3.05) is 31.5 Å². The van der Waals surface area contributed by atoms with Gasteiger partial charge in [0.05, 0.1) is 11.6 Å². The molecule has 118 valence electrons. The highest BCUT2D eigenvalue weighted by molar-refractivity contribution is 5.42. The minimum atomic E-state index is 0.651. The molecule has 2 aromatic rings. The Hall–Kier alpha value is -2.38. The molecule has 1 aromatic carbocycles. The summed E-state index contributed by atoms with van der Waals surface area (Å²) in [6.45, 7) is 4.36. The lowest BCUT2D eigenvalue weighted by Gasteiger charge is -2.16. The van der Waals surface area contributed by atoms with Crippen molar-refractivity contribution in [1.82, 2.24) is 9.88 Å². The van der Waals surface area contributed by atoms with Crippen molar-refractivity contribution in [2.24, 2.45) is 5.92 Å². The zero-order valence-corrected chi connectivity index (χ0v) is 13.3. The summed E-state index contributed by atoms with van der Waals surface area (Å²) in [5.41, 5.74) is 2.06. The van der Waals surface area contributed by atoms with E-state index in [2.05, 4.69) is 51.6 Å². The van der Waals surface area contributed by atoms with E-state index in [0.29, 0.717) is 11.5 Å². The Labute approximate surface area is 137 Å². The van der Waals surface area contributed by atoms with Crippen LogP contribution in [0.3, 0.4) is 0 Å². The molecule has 1 fully saturated rings. The van der Waals surface area contributed by atoms with Gasteiger partial charge in [-0.25, -0.2) is 4.98 Å². The summed E-state index contributed by atoms with van der Waals surface area (Å²) in [6, 6.07) is 16.4. The van der Waals surface area contributed by atoms with Crippen molar-refractivity contribution in [1.29, 1.82) is 5.26 Å². The molecule has 1 aliphatic rings. The molecule has 0 amide bonds. The lowest BCUT2D eigenvalue weighted by atomic mass is 10.1. The number of nitrogens with zero attached hydrogens (tertiary/aromatic N) is 3. The summed E-state index contributed by atoms with van der Waals surface area (Å²) in [7, 11) is 0. The van der Waals surface area contributed by atoms with Crippen molar-refractivity contribution < 1.29 is 0 Å². The van der Waals surface area contributed by atoms with E-state index in [1.807, 2.05) is 6.07 Å². The van der Waals surface area contributed by atoms with Gasteiger partial charge in [0.25, 0.3) is 0 Å². The third-order valence-corrected chi connectivity index (χ3v) is 4.39. The zero-order valence-electron chi connectivity index (χ0n) is 13.3. The van der Waals surface area contributed by atoms with Gasteiger partial charge in [0.2, 0.25) is 0 Å². The average Bonchev–Trinajstić information content (AvgIpc) is 3.07. The summed E-state index contributed by atoms with van der Waals surface area (Å²) >= 11 is 0. The van der Waals surface area contributed by atoms with Crippen LogP contribution < -0.4 is 5.32 Å². The van der Waals surface area contributed by atoms with Crippen molar-refractivity contribution in [2.45, 2.75) is 12.8 Å². The van der Waals surface area contributed by atoms with Crippen LogP contribution in [0.15, 0.2) is 48.7 Å². The molecule has 23 heavy (non-hydrogen) atoms. The molecule has 0 radical (unpaired) electrons. The van der Waals surface area contributed by atoms with Gasteiger partial charge in [-0.3, -0.25) is 0 Å². The van der Waals surface area contributed by atoms with E-state index >= 15 is 0 Å². The standard InChI is InChI=1S/C19H22N4/c20-13-17-6-9-21-19(12-17)22-14-18-8-11-23(15-18)10-7-16-4-2-1-3-5-16/h1-6,9,12,18H,7-8,10-11,14-15H2,(H,21,22). The second kappa shape index (κ2) is 7.75. The molecule has 2 heterocycles. The summed E-state index contributed by atoms with van der Waals surface area (Å²) in [5.74, 6) is 1.45. The van der Waals surface area contributed by atoms with Gasteiger partial charge in [0, 0.05) is 25.8 Å². The maximum Gasteiger partial charge on any atom is 0.127 e. The Balaban J connectivity index is 1.42. The first kappa shape index (κ1) is 15.5. The van der Waals surface area contributed by atoms with Gasteiger partial charge in [0.15, 0.2) is 0 Å². The second-order valence-electron chi connectivity index (χ2n) is 6.11. The molecule has 1 saturated heterocycles. The number of anilines is 1. The zero-order chi connectivity index (χ0) is 15.9. The van der Waals surface area contributed by atoms with Crippen molar-refractivity contribution >= 4 is 5.82 Å². The number of likely N-dealkylation sites (tertiary alicyclic amines) is 1. The van der Waals surface area contributed by atoms with Crippen molar-refractivity contribution in [3.63, 3.8) is 0 Å². The molecular weight excluding hydrogens is 284 g/mol. The Bertz CT molecular complexity index is 663. The van der Waals surface area contributed by atoms with E-state index in [4.69, 9.17) is 5.26 Å². The van der Waals surface area contributed by atoms with E-state index in [-0.39, 0.29) is 0 Å². The monoisotopic (exact) mass is 306 g/mol. The van der Waals surface area contributed by atoms with Crippen LogP contribution in [0.2, 0.25) is 0 Å². The average molecular weight is 306 g/mol. The smallest absolute Gasteiger partial charge is 0.127 e. The number of nitrogens with one attached hydrogen (secondary N) is 1. The van der Waals surface area contributed by atoms with Gasteiger partial charge >= 0.3 is 0 Å². The normalized spacial score (nSPS) is 17.8. The predicted octanol–water partition coefficient (Wildman–Crippen LogP) is 2.93. The summed E-state index contributed by atoms with van der Waals surface area (Å²) in [5, 5.41) is 12.3. The summed E-state index contributed by atoms with van der Waals surface area (Å²) in [4.78, 5) is 6.81.